The lowest BCUT2D eigenvalue weighted by molar-refractivity contribution is -0.109. The van der Waals surface area contributed by atoms with Gasteiger partial charge in [0.05, 0.1) is 31.0 Å². The van der Waals surface area contributed by atoms with E-state index in [1.807, 2.05) is 39.1 Å². The molecule has 1 amide bonds. The number of benzene rings is 1. The van der Waals surface area contributed by atoms with Crippen LogP contribution in [0.1, 0.15) is 24.3 Å². The Morgan fingerprint density at radius 3 is 2.63 bits per heavy atom. The molecule has 0 spiro atoms. The van der Waals surface area contributed by atoms with Gasteiger partial charge in [-0.05, 0) is 39.0 Å². The minimum absolute atomic E-state index is 0.0495. The number of hydrogen-bond acceptors (Lipinski definition) is 7. The van der Waals surface area contributed by atoms with Gasteiger partial charge in [0, 0.05) is 41.6 Å². The van der Waals surface area contributed by atoms with E-state index >= 15 is 0 Å². The average molecular weight is 428 g/mol. The van der Waals surface area contributed by atoms with Crippen molar-refractivity contribution in [2.75, 3.05) is 26.3 Å². The van der Waals surface area contributed by atoms with Crippen LogP contribution in [0.3, 0.4) is 0 Å². The van der Waals surface area contributed by atoms with Gasteiger partial charge in [0.1, 0.15) is 16.9 Å². The van der Waals surface area contributed by atoms with E-state index in [1.165, 1.54) is 0 Å². The maximum absolute atomic E-state index is 12.4. The van der Waals surface area contributed by atoms with Gasteiger partial charge in [0.25, 0.3) is 0 Å². The Bertz CT molecular complexity index is 954. The second kappa shape index (κ2) is 8.62. The van der Waals surface area contributed by atoms with Crippen LogP contribution in [-0.2, 0) is 9.47 Å². The smallest absolute Gasteiger partial charge is 0.410 e. The first-order valence-corrected chi connectivity index (χ1v) is 10.9. The van der Waals surface area contributed by atoms with Crippen molar-refractivity contribution in [3.63, 3.8) is 0 Å². The predicted octanol–water partition coefficient (Wildman–Crippen LogP) is 3.86. The summed E-state index contributed by atoms with van der Waals surface area (Å²) in [6.07, 6.45) is 1.31. The quantitative estimate of drug-likeness (QED) is 0.737. The van der Waals surface area contributed by atoms with Gasteiger partial charge in [-0.2, -0.15) is 5.26 Å². The summed E-state index contributed by atoms with van der Waals surface area (Å²) in [7, 11) is 0. The van der Waals surface area contributed by atoms with Gasteiger partial charge in [-0.3, -0.25) is 0 Å². The number of aryl methyl sites for hydroxylation is 1. The largest absolute Gasteiger partial charge is 0.489 e. The maximum Gasteiger partial charge on any atom is 0.410 e. The lowest BCUT2D eigenvalue weighted by atomic mass is 9.84. The summed E-state index contributed by atoms with van der Waals surface area (Å²) in [6.45, 7) is 7.83. The number of piperidine rings is 1. The maximum atomic E-state index is 12.4. The normalized spacial score (nSPS) is 23.2. The molecule has 2 aromatic rings. The van der Waals surface area contributed by atoms with Crippen molar-refractivity contribution in [2.45, 2.75) is 33.0 Å². The molecule has 2 saturated heterocycles. The minimum Gasteiger partial charge on any atom is -0.489 e. The van der Waals surface area contributed by atoms with Crippen LogP contribution >= 0.6 is 11.3 Å². The topological polar surface area (TPSA) is 84.7 Å². The first-order chi connectivity index (χ1) is 14.4. The second-order valence-electron chi connectivity index (χ2n) is 8.11. The number of nitriles is 1. The fourth-order valence-corrected chi connectivity index (χ4v) is 4.77. The zero-order valence-electron chi connectivity index (χ0n) is 17.3. The summed E-state index contributed by atoms with van der Waals surface area (Å²) < 4.78 is 17.5. The van der Waals surface area contributed by atoms with Gasteiger partial charge < -0.3 is 19.1 Å². The van der Waals surface area contributed by atoms with Gasteiger partial charge in [-0.1, -0.05) is 0 Å². The first-order valence-electron chi connectivity index (χ1n) is 10.1. The number of carbonyl (C=O) groups is 1. The highest BCUT2D eigenvalue weighted by atomic mass is 32.1. The molecule has 2 aliphatic rings. The second-order valence-corrected chi connectivity index (χ2v) is 9.35. The van der Waals surface area contributed by atoms with Crippen LogP contribution < -0.4 is 4.74 Å². The Labute approximate surface area is 180 Å². The number of nitrogens with zero attached hydrogens (tertiary/aromatic N) is 3. The molecule has 0 N–H and O–H groups in total. The lowest BCUT2D eigenvalue weighted by Crippen LogP contribution is -2.58. The van der Waals surface area contributed by atoms with E-state index in [0.29, 0.717) is 37.6 Å². The van der Waals surface area contributed by atoms with Crippen LogP contribution in [0, 0.1) is 30.1 Å². The molecule has 2 atom stereocenters. The molecular formula is C22H25N3O4S. The molecule has 8 heteroatoms. The van der Waals surface area contributed by atoms with Crippen LogP contribution in [0.4, 0.5) is 4.79 Å². The Balaban J connectivity index is 1.54. The van der Waals surface area contributed by atoms with E-state index in [0.717, 1.165) is 15.4 Å². The molecule has 4 rings (SSSR count). The number of fused-ring (bicyclic) bond motifs is 2. The number of aromatic nitrogens is 1. The van der Waals surface area contributed by atoms with Crippen LogP contribution in [-0.4, -0.2) is 54.5 Å². The van der Waals surface area contributed by atoms with E-state index in [-0.39, 0.29) is 30.1 Å². The number of amides is 1. The molecule has 30 heavy (non-hydrogen) atoms. The van der Waals surface area contributed by atoms with E-state index in [2.05, 4.69) is 11.1 Å². The minimum atomic E-state index is -0.284. The summed E-state index contributed by atoms with van der Waals surface area (Å²) in [5, 5.41) is 10.3. The van der Waals surface area contributed by atoms with Crippen LogP contribution in [0.2, 0.25) is 0 Å². The van der Waals surface area contributed by atoms with E-state index in [4.69, 9.17) is 14.2 Å². The van der Waals surface area contributed by atoms with Crippen LogP contribution in [0.15, 0.2) is 24.4 Å². The predicted molar refractivity (Wildman–Crippen MR) is 112 cm³/mol. The summed E-state index contributed by atoms with van der Waals surface area (Å²) in [6, 6.07) is 7.75. The van der Waals surface area contributed by atoms with Crippen LogP contribution in [0.25, 0.3) is 10.6 Å². The molecule has 0 radical (unpaired) electrons. The fraction of sp³-hybridized carbons (Fsp3) is 0.500. The van der Waals surface area contributed by atoms with E-state index in [9.17, 15) is 10.1 Å². The van der Waals surface area contributed by atoms with Gasteiger partial charge in [-0.15, -0.1) is 11.3 Å². The van der Waals surface area contributed by atoms with Crippen molar-refractivity contribution in [1.29, 1.82) is 5.26 Å². The van der Waals surface area contributed by atoms with Crippen molar-refractivity contribution in [2.24, 2.45) is 11.8 Å². The number of thiazole rings is 1. The molecule has 2 unspecified atom stereocenters. The molecule has 2 bridgehead atoms. The van der Waals surface area contributed by atoms with Crippen molar-refractivity contribution < 1.29 is 19.0 Å². The van der Waals surface area contributed by atoms with Crippen molar-refractivity contribution in [3.05, 3.63) is 34.8 Å². The summed E-state index contributed by atoms with van der Waals surface area (Å²) in [5.41, 5.74) is 1.41. The van der Waals surface area contributed by atoms with Gasteiger partial charge in [0.15, 0.2) is 0 Å². The first kappa shape index (κ1) is 20.6. The number of rotatable bonds is 4. The zero-order valence-corrected chi connectivity index (χ0v) is 18.1. The van der Waals surface area contributed by atoms with E-state index in [1.54, 1.807) is 22.3 Å². The Morgan fingerprint density at radius 2 is 2.03 bits per heavy atom. The standard InChI is InChI=1S/C22H25N3O4S/c1-13(2)28-22(26)25-9-17-11-27-12-18(10-25)20(17)29-19-5-15(7-23)4-16(6-19)21-24-8-14(3)30-21/h4-6,8,13,17-18,20H,9-12H2,1-3H3. The molecule has 2 fully saturated rings. The number of ether oxygens (including phenoxy) is 3. The summed E-state index contributed by atoms with van der Waals surface area (Å²) >= 11 is 1.59. The number of likely N-dealkylation sites (tertiary alicyclic amines) is 1. The average Bonchev–Trinajstić information content (AvgIpc) is 3.13. The van der Waals surface area contributed by atoms with Gasteiger partial charge >= 0.3 is 6.09 Å². The van der Waals surface area contributed by atoms with Crippen molar-refractivity contribution in [3.8, 4) is 22.4 Å². The monoisotopic (exact) mass is 427 g/mol. The van der Waals surface area contributed by atoms with Crippen LogP contribution in [0.5, 0.6) is 5.75 Å². The molecule has 0 saturated carbocycles. The molecule has 158 valence electrons. The fourth-order valence-electron chi connectivity index (χ4n) is 4.02. The molecule has 2 aliphatic heterocycles. The molecule has 7 nitrogen and oxygen atoms in total. The highest BCUT2D eigenvalue weighted by molar-refractivity contribution is 7.14. The highest BCUT2D eigenvalue weighted by Gasteiger charge is 2.44. The summed E-state index contributed by atoms with van der Waals surface area (Å²) in [5.74, 6) is 0.749. The summed E-state index contributed by atoms with van der Waals surface area (Å²) in [4.78, 5) is 19.7. The molecule has 3 heterocycles. The molecule has 0 aliphatic carbocycles. The molecule has 1 aromatic carbocycles. The van der Waals surface area contributed by atoms with Gasteiger partial charge in [-0.25, -0.2) is 9.78 Å². The molecular weight excluding hydrogens is 402 g/mol. The Kier molecular flexibility index (Phi) is 5.93. The van der Waals surface area contributed by atoms with Crippen molar-refractivity contribution >= 4 is 17.4 Å². The van der Waals surface area contributed by atoms with E-state index < -0.39 is 0 Å². The third-order valence-corrected chi connectivity index (χ3v) is 6.24. The highest BCUT2D eigenvalue weighted by Crippen LogP contribution is 2.34. The zero-order chi connectivity index (χ0) is 21.3. The third-order valence-electron chi connectivity index (χ3n) is 5.27. The number of hydrogen-bond donors (Lipinski definition) is 0. The Morgan fingerprint density at radius 1 is 1.30 bits per heavy atom. The molecule has 1 aromatic heterocycles. The Hall–Kier alpha value is -2.63. The third kappa shape index (κ3) is 4.42. The van der Waals surface area contributed by atoms with Crippen molar-refractivity contribution in [1.82, 2.24) is 9.88 Å². The SMILES string of the molecule is Cc1cnc(-c2cc(C#N)cc(OC3C4COCC3CN(C(=O)OC(C)C)C4)c2)s1. The lowest BCUT2D eigenvalue weighted by Gasteiger charge is -2.46. The number of carbonyl (C=O) groups excluding carboxylic acids is 1. The van der Waals surface area contributed by atoms with Gasteiger partial charge in [0.2, 0.25) is 0 Å².